The molecular formula is C14H19NO4. The van der Waals surface area contributed by atoms with Crippen LogP contribution in [0, 0.1) is 0 Å². The van der Waals surface area contributed by atoms with Crippen LogP contribution < -0.4 is 0 Å². The summed E-state index contributed by atoms with van der Waals surface area (Å²) < 4.78 is 4.57. The van der Waals surface area contributed by atoms with Gasteiger partial charge in [-0.2, -0.15) is 0 Å². The Morgan fingerprint density at radius 3 is 2.68 bits per heavy atom. The van der Waals surface area contributed by atoms with Crippen LogP contribution >= 0.6 is 0 Å². The number of esters is 1. The van der Waals surface area contributed by atoms with E-state index in [-0.39, 0.29) is 24.6 Å². The van der Waals surface area contributed by atoms with Gasteiger partial charge in [0, 0.05) is 6.54 Å². The topological polar surface area (TPSA) is 66.8 Å². The van der Waals surface area contributed by atoms with Gasteiger partial charge in [-0.15, -0.1) is 0 Å². The molecule has 5 heteroatoms. The van der Waals surface area contributed by atoms with Crippen LogP contribution in [0.4, 0.5) is 0 Å². The lowest BCUT2D eigenvalue weighted by Gasteiger charge is -2.20. The number of nitrogens with zero attached hydrogens (tertiary/aromatic N) is 1. The SMILES string of the molecule is CCCN(CC(=O)OC)C(=O)Cc1cccc(O)c1. The molecule has 0 saturated carbocycles. The molecule has 1 aromatic rings. The molecule has 0 aliphatic carbocycles. The second-order valence-corrected chi connectivity index (χ2v) is 4.24. The summed E-state index contributed by atoms with van der Waals surface area (Å²) in [7, 11) is 1.30. The van der Waals surface area contributed by atoms with Crippen LogP contribution in [0.5, 0.6) is 5.75 Å². The number of aromatic hydroxyl groups is 1. The molecule has 1 amide bonds. The fourth-order valence-electron chi connectivity index (χ4n) is 1.74. The lowest BCUT2D eigenvalue weighted by Crippen LogP contribution is -2.37. The standard InChI is InChI=1S/C14H19NO4/c1-3-7-15(10-14(18)19-2)13(17)9-11-5-4-6-12(16)8-11/h4-6,8,16H,3,7,9-10H2,1-2H3. The van der Waals surface area contributed by atoms with E-state index in [0.717, 1.165) is 12.0 Å². The molecule has 19 heavy (non-hydrogen) atoms. The summed E-state index contributed by atoms with van der Waals surface area (Å²) in [5, 5.41) is 9.35. The van der Waals surface area contributed by atoms with Gasteiger partial charge in [-0.3, -0.25) is 9.59 Å². The van der Waals surface area contributed by atoms with Gasteiger partial charge in [0.25, 0.3) is 0 Å². The second-order valence-electron chi connectivity index (χ2n) is 4.24. The molecular weight excluding hydrogens is 246 g/mol. The van der Waals surface area contributed by atoms with Crippen molar-refractivity contribution < 1.29 is 19.4 Å². The molecule has 0 radical (unpaired) electrons. The van der Waals surface area contributed by atoms with Crippen molar-refractivity contribution in [2.75, 3.05) is 20.2 Å². The minimum Gasteiger partial charge on any atom is -0.508 e. The van der Waals surface area contributed by atoms with E-state index in [1.165, 1.54) is 12.0 Å². The Morgan fingerprint density at radius 1 is 1.37 bits per heavy atom. The van der Waals surface area contributed by atoms with E-state index in [1.807, 2.05) is 6.92 Å². The van der Waals surface area contributed by atoms with Gasteiger partial charge >= 0.3 is 5.97 Å². The van der Waals surface area contributed by atoms with E-state index >= 15 is 0 Å². The fourth-order valence-corrected chi connectivity index (χ4v) is 1.74. The van der Waals surface area contributed by atoms with Crippen molar-refractivity contribution in [1.82, 2.24) is 4.90 Å². The summed E-state index contributed by atoms with van der Waals surface area (Å²) >= 11 is 0. The molecule has 0 heterocycles. The number of benzene rings is 1. The number of rotatable bonds is 6. The maximum atomic E-state index is 12.1. The number of ether oxygens (including phenoxy) is 1. The molecule has 0 aliphatic heterocycles. The summed E-state index contributed by atoms with van der Waals surface area (Å²) in [6.07, 6.45) is 0.925. The molecule has 0 unspecified atom stereocenters. The quantitative estimate of drug-likeness (QED) is 0.788. The Labute approximate surface area is 112 Å². The Morgan fingerprint density at radius 2 is 2.11 bits per heavy atom. The summed E-state index contributed by atoms with van der Waals surface area (Å²) in [5.41, 5.74) is 0.718. The summed E-state index contributed by atoms with van der Waals surface area (Å²) in [5.74, 6) is -0.462. The van der Waals surface area contributed by atoms with Gasteiger partial charge in [0.05, 0.1) is 13.5 Å². The average Bonchev–Trinajstić information content (AvgIpc) is 2.38. The van der Waals surface area contributed by atoms with E-state index in [9.17, 15) is 14.7 Å². The zero-order valence-corrected chi connectivity index (χ0v) is 11.3. The molecule has 0 aliphatic rings. The molecule has 0 bridgehead atoms. The number of carbonyl (C=O) groups excluding carboxylic acids is 2. The lowest BCUT2D eigenvalue weighted by atomic mass is 10.1. The van der Waals surface area contributed by atoms with Gasteiger partial charge in [0.2, 0.25) is 5.91 Å². The molecule has 0 fully saturated rings. The highest BCUT2D eigenvalue weighted by molar-refractivity contribution is 5.83. The average molecular weight is 265 g/mol. The van der Waals surface area contributed by atoms with Crippen molar-refractivity contribution in [2.45, 2.75) is 19.8 Å². The van der Waals surface area contributed by atoms with Crippen molar-refractivity contribution in [3.05, 3.63) is 29.8 Å². The zero-order valence-electron chi connectivity index (χ0n) is 11.3. The van der Waals surface area contributed by atoms with Crippen molar-refractivity contribution in [3.8, 4) is 5.75 Å². The maximum absolute atomic E-state index is 12.1. The van der Waals surface area contributed by atoms with Crippen LogP contribution in [-0.4, -0.2) is 42.1 Å². The van der Waals surface area contributed by atoms with E-state index in [4.69, 9.17) is 0 Å². The highest BCUT2D eigenvalue weighted by Gasteiger charge is 2.17. The molecule has 0 saturated heterocycles. The number of methoxy groups -OCH3 is 1. The predicted molar refractivity (Wildman–Crippen MR) is 70.7 cm³/mol. The van der Waals surface area contributed by atoms with Gasteiger partial charge in [0.15, 0.2) is 0 Å². The Balaban J connectivity index is 2.68. The third kappa shape index (κ3) is 4.99. The van der Waals surface area contributed by atoms with Crippen molar-refractivity contribution in [2.24, 2.45) is 0 Å². The number of amides is 1. The Hall–Kier alpha value is -2.04. The van der Waals surface area contributed by atoms with E-state index in [2.05, 4.69) is 4.74 Å². The molecule has 1 aromatic carbocycles. The van der Waals surface area contributed by atoms with Crippen LogP contribution in [0.3, 0.4) is 0 Å². The highest BCUT2D eigenvalue weighted by Crippen LogP contribution is 2.12. The van der Waals surface area contributed by atoms with Gasteiger partial charge in [0.1, 0.15) is 12.3 Å². The minimum atomic E-state index is -0.433. The summed E-state index contributed by atoms with van der Waals surface area (Å²) in [4.78, 5) is 24.8. The van der Waals surface area contributed by atoms with Crippen molar-refractivity contribution >= 4 is 11.9 Å². The molecule has 0 spiro atoms. The molecule has 0 aromatic heterocycles. The van der Waals surface area contributed by atoms with E-state index in [0.29, 0.717) is 6.54 Å². The second kappa shape index (κ2) is 7.41. The lowest BCUT2D eigenvalue weighted by molar-refractivity contribution is -0.146. The first-order valence-electron chi connectivity index (χ1n) is 6.19. The first-order chi connectivity index (χ1) is 9.06. The largest absolute Gasteiger partial charge is 0.508 e. The zero-order chi connectivity index (χ0) is 14.3. The third-order valence-electron chi connectivity index (χ3n) is 2.66. The summed E-state index contributed by atoms with van der Waals surface area (Å²) in [6, 6.07) is 6.54. The van der Waals surface area contributed by atoms with Crippen LogP contribution in [0.15, 0.2) is 24.3 Å². The third-order valence-corrected chi connectivity index (χ3v) is 2.66. The van der Waals surface area contributed by atoms with Gasteiger partial charge in [-0.25, -0.2) is 0 Å². The molecule has 5 nitrogen and oxygen atoms in total. The Bertz CT molecular complexity index is 445. The van der Waals surface area contributed by atoms with Crippen molar-refractivity contribution in [1.29, 1.82) is 0 Å². The normalized spacial score (nSPS) is 10.0. The summed E-state index contributed by atoms with van der Waals surface area (Å²) in [6.45, 7) is 2.40. The number of phenolic OH excluding ortho intramolecular Hbond substituents is 1. The van der Waals surface area contributed by atoms with Crippen LogP contribution in [0.25, 0.3) is 0 Å². The number of phenols is 1. The van der Waals surface area contributed by atoms with E-state index < -0.39 is 5.97 Å². The molecule has 1 rings (SSSR count). The van der Waals surface area contributed by atoms with Gasteiger partial charge < -0.3 is 14.7 Å². The first kappa shape index (κ1) is 15.0. The smallest absolute Gasteiger partial charge is 0.325 e. The van der Waals surface area contributed by atoms with Gasteiger partial charge in [-0.05, 0) is 24.1 Å². The number of carbonyl (C=O) groups is 2. The molecule has 0 atom stereocenters. The Kier molecular flexibility index (Phi) is 5.85. The van der Waals surface area contributed by atoms with Gasteiger partial charge in [-0.1, -0.05) is 19.1 Å². The number of hydrogen-bond donors (Lipinski definition) is 1. The fraction of sp³-hybridized carbons (Fsp3) is 0.429. The minimum absolute atomic E-state index is 0.0397. The maximum Gasteiger partial charge on any atom is 0.325 e. The molecule has 104 valence electrons. The predicted octanol–water partition coefficient (Wildman–Crippen LogP) is 1.35. The monoisotopic (exact) mass is 265 g/mol. The molecule has 1 N–H and O–H groups in total. The van der Waals surface area contributed by atoms with Crippen molar-refractivity contribution in [3.63, 3.8) is 0 Å². The number of hydrogen-bond acceptors (Lipinski definition) is 4. The first-order valence-corrected chi connectivity index (χ1v) is 6.19. The van der Waals surface area contributed by atoms with Crippen LogP contribution in [-0.2, 0) is 20.7 Å². The van der Waals surface area contributed by atoms with Crippen LogP contribution in [0.1, 0.15) is 18.9 Å². The van der Waals surface area contributed by atoms with E-state index in [1.54, 1.807) is 24.3 Å². The van der Waals surface area contributed by atoms with Crippen LogP contribution in [0.2, 0.25) is 0 Å². The highest BCUT2D eigenvalue weighted by atomic mass is 16.5.